The van der Waals surface area contributed by atoms with Gasteiger partial charge in [0.05, 0.1) is 10.9 Å². The second kappa shape index (κ2) is 7.89. The van der Waals surface area contributed by atoms with E-state index in [1.54, 1.807) is 0 Å². The van der Waals surface area contributed by atoms with Crippen LogP contribution in [0.15, 0.2) is 64.0 Å². The van der Waals surface area contributed by atoms with Gasteiger partial charge in [0.1, 0.15) is 5.75 Å². The minimum Gasteiger partial charge on any atom is -0.341 e. The highest BCUT2D eigenvalue weighted by atomic mass is 35.5. The predicted octanol–water partition coefficient (Wildman–Crippen LogP) is 3.19. The number of carbonyl (C=O) groups is 1. The zero-order valence-corrected chi connectivity index (χ0v) is 15.9. The molecule has 27 heavy (non-hydrogen) atoms. The first-order chi connectivity index (χ1) is 12.8. The van der Waals surface area contributed by atoms with Crippen molar-refractivity contribution in [3.05, 3.63) is 76.9 Å². The third-order valence-corrected chi connectivity index (χ3v) is 5.68. The van der Waals surface area contributed by atoms with Crippen molar-refractivity contribution in [3.63, 3.8) is 0 Å². The first kappa shape index (κ1) is 19.1. The van der Waals surface area contributed by atoms with Gasteiger partial charge < -0.3 is 9.84 Å². The quantitative estimate of drug-likeness (QED) is 0.675. The van der Waals surface area contributed by atoms with Crippen molar-refractivity contribution < 1.29 is 17.7 Å². The van der Waals surface area contributed by atoms with E-state index in [-0.39, 0.29) is 22.7 Å². The second-order valence-electron chi connectivity index (χ2n) is 5.83. The van der Waals surface area contributed by atoms with Crippen LogP contribution in [-0.4, -0.2) is 24.5 Å². The number of benzene rings is 2. The summed E-state index contributed by atoms with van der Waals surface area (Å²) in [4.78, 5) is 16.2. The van der Waals surface area contributed by atoms with Crippen LogP contribution in [-0.2, 0) is 15.6 Å². The van der Waals surface area contributed by atoms with Crippen LogP contribution in [0.3, 0.4) is 0 Å². The summed E-state index contributed by atoms with van der Waals surface area (Å²) in [6, 6.07) is 14.8. The Morgan fingerprint density at radius 2 is 1.81 bits per heavy atom. The summed E-state index contributed by atoms with van der Waals surface area (Å²) in [5.41, 5.74) is 0.913. The van der Waals surface area contributed by atoms with Crippen LogP contribution in [0.5, 0.6) is 0 Å². The fourth-order valence-electron chi connectivity index (χ4n) is 2.38. The van der Waals surface area contributed by atoms with Gasteiger partial charge in [-0.25, -0.2) is 8.42 Å². The van der Waals surface area contributed by atoms with Crippen LogP contribution < -0.4 is 5.32 Å². The molecule has 1 atom stereocenters. The van der Waals surface area contributed by atoms with E-state index in [1.807, 2.05) is 37.3 Å². The van der Waals surface area contributed by atoms with Crippen molar-refractivity contribution in [2.45, 2.75) is 23.6 Å². The van der Waals surface area contributed by atoms with E-state index in [9.17, 15) is 13.2 Å². The van der Waals surface area contributed by atoms with Crippen LogP contribution in [0.1, 0.15) is 35.0 Å². The number of hydrogen-bond donors (Lipinski definition) is 1. The van der Waals surface area contributed by atoms with Crippen LogP contribution in [0, 0.1) is 0 Å². The third kappa shape index (κ3) is 4.72. The number of carbonyl (C=O) groups excluding carboxylic acids is 1. The Bertz CT molecular complexity index is 1030. The number of nitrogens with zero attached hydrogens (tertiary/aromatic N) is 2. The molecule has 3 rings (SSSR count). The molecular weight excluding hydrogens is 390 g/mol. The highest BCUT2D eigenvalue weighted by Gasteiger charge is 2.22. The molecule has 0 bridgehead atoms. The van der Waals surface area contributed by atoms with Crippen molar-refractivity contribution >= 4 is 27.3 Å². The maximum absolute atomic E-state index is 12.4. The summed E-state index contributed by atoms with van der Waals surface area (Å²) in [6.07, 6.45) is 0. The van der Waals surface area contributed by atoms with Crippen molar-refractivity contribution in [3.8, 4) is 0 Å². The van der Waals surface area contributed by atoms with Gasteiger partial charge in [0.15, 0.2) is 15.7 Å². The zero-order valence-electron chi connectivity index (χ0n) is 14.3. The highest BCUT2D eigenvalue weighted by Crippen LogP contribution is 2.18. The van der Waals surface area contributed by atoms with E-state index in [1.165, 1.54) is 24.3 Å². The van der Waals surface area contributed by atoms with E-state index >= 15 is 0 Å². The number of rotatable bonds is 6. The van der Waals surface area contributed by atoms with Crippen LogP contribution >= 0.6 is 11.6 Å². The van der Waals surface area contributed by atoms with Gasteiger partial charge in [0.25, 0.3) is 0 Å². The zero-order chi connectivity index (χ0) is 19.4. The molecule has 0 aliphatic heterocycles. The lowest BCUT2D eigenvalue weighted by Crippen LogP contribution is -2.26. The van der Waals surface area contributed by atoms with E-state index in [0.29, 0.717) is 5.02 Å². The molecule has 0 saturated carbocycles. The number of aromatic nitrogens is 2. The molecule has 9 heteroatoms. The molecule has 0 unspecified atom stereocenters. The first-order valence-corrected chi connectivity index (χ1v) is 10.0. The summed E-state index contributed by atoms with van der Waals surface area (Å²) >= 11 is 5.77. The Kier molecular flexibility index (Phi) is 5.57. The van der Waals surface area contributed by atoms with Gasteiger partial charge in [0, 0.05) is 5.02 Å². The molecule has 1 amide bonds. The Balaban J connectivity index is 1.69. The molecule has 0 saturated heterocycles. The van der Waals surface area contributed by atoms with Crippen molar-refractivity contribution in [2.75, 3.05) is 0 Å². The molecule has 7 nitrogen and oxygen atoms in total. The molecule has 3 aromatic rings. The predicted molar refractivity (Wildman–Crippen MR) is 99.0 cm³/mol. The van der Waals surface area contributed by atoms with Gasteiger partial charge in [-0.05, 0) is 36.8 Å². The molecule has 0 aliphatic carbocycles. The molecule has 140 valence electrons. The number of halogens is 1. The lowest BCUT2D eigenvalue weighted by Gasteiger charge is -2.12. The van der Waals surface area contributed by atoms with E-state index < -0.39 is 21.5 Å². The van der Waals surface area contributed by atoms with Crippen molar-refractivity contribution in [1.29, 1.82) is 0 Å². The number of amides is 1. The topological polar surface area (TPSA) is 102 Å². The lowest BCUT2D eigenvalue weighted by molar-refractivity contribution is 0.0895. The van der Waals surface area contributed by atoms with E-state index in [2.05, 4.69) is 15.5 Å². The van der Waals surface area contributed by atoms with Gasteiger partial charge >= 0.3 is 11.8 Å². The van der Waals surface area contributed by atoms with Crippen molar-refractivity contribution in [1.82, 2.24) is 15.5 Å². The first-order valence-electron chi connectivity index (χ1n) is 8.02. The highest BCUT2D eigenvalue weighted by molar-refractivity contribution is 7.90. The van der Waals surface area contributed by atoms with E-state index in [0.717, 1.165) is 5.56 Å². The molecule has 1 N–H and O–H groups in total. The van der Waals surface area contributed by atoms with Gasteiger partial charge in [-0.2, -0.15) is 4.98 Å². The molecule has 0 spiro atoms. The molecule has 0 aliphatic rings. The smallest absolute Gasteiger partial charge is 0.315 e. The molecule has 1 heterocycles. The molecule has 2 aromatic carbocycles. The Labute approximate surface area is 161 Å². The SMILES string of the molecule is C[C@H](NC(=O)c1nc(CS(=O)(=O)c2ccc(Cl)cc2)no1)c1ccccc1. The summed E-state index contributed by atoms with van der Waals surface area (Å²) in [5.74, 6) is -1.45. The number of sulfone groups is 1. The Morgan fingerprint density at radius 1 is 1.15 bits per heavy atom. The Morgan fingerprint density at radius 3 is 2.48 bits per heavy atom. The summed E-state index contributed by atoms with van der Waals surface area (Å²) in [5, 5.41) is 6.75. The average Bonchev–Trinajstić information content (AvgIpc) is 3.10. The van der Waals surface area contributed by atoms with Crippen LogP contribution in [0.2, 0.25) is 5.02 Å². The van der Waals surface area contributed by atoms with Gasteiger partial charge in [-0.15, -0.1) is 0 Å². The van der Waals surface area contributed by atoms with Crippen LogP contribution in [0.4, 0.5) is 0 Å². The lowest BCUT2D eigenvalue weighted by atomic mass is 10.1. The van der Waals surface area contributed by atoms with Gasteiger partial charge in [-0.3, -0.25) is 4.79 Å². The second-order valence-corrected chi connectivity index (χ2v) is 8.26. The fraction of sp³-hybridized carbons (Fsp3) is 0.167. The summed E-state index contributed by atoms with van der Waals surface area (Å²) < 4.78 is 29.7. The van der Waals surface area contributed by atoms with Gasteiger partial charge in [0.2, 0.25) is 0 Å². The number of hydrogen-bond acceptors (Lipinski definition) is 6. The monoisotopic (exact) mass is 405 g/mol. The van der Waals surface area contributed by atoms with Crippen molar-refractivity contribution in [2.24, 2.45) is 0 Å². The summed E-state index contributed by atoms with van der Waals surface area (Å²) in [7, 11) is -3.68. The van der Waals surface area contributed by atoms with Crippen LogP contribution in [0.25, 0.3) is 0 Å². The average molecular weight is 406 g/mol. The summed E-state index contributed by atoms with van der Waals surface area (Å²) in [6.45, 7) is 1.81. The number of nitrogens with one attached hydrogen (secondary N) is 1. The maximum atomic E-state index is 12.4. The fourth-order valence-corrected chi connectivity index (χ4v) is 3.68. The third-order valence-electron chi connectivity index (χ3n) is 3.80. The Hall–Kier alpha value is -2.71. The normalized spacial score (nSPS) is 12.5. The largest absolute Gasteiger partial charge is 0.341 e. The minimum atomic E-state index is -3.68. The standard InChI is InChI=1S/C18H16ClN3O4S/c1-12(13-5-3-2-4-6-13)20-17(23)18-21-16(22-26-18)11-27(24,25)15-9-7-14(19)8-10-15/h2-10,12H,11H2,1H3,(H,20,23)/t12-/m0/s1. The van der Waals surface area contributed by atoms with Gasteiger partial charge in [-0.1, -0.05) is 47.1 Å². The molecule has 0 fully saturated rings. The molecule has 1 aromatic heterocycles. The molecular formula is C18H16ClN3O4S. The molecule has 0 radical (unpaired) electrons. The van der Waals surface area contributed by atoms with E-state index in [4.69, 9.17) is 16.1 Å². The minimum absolute atomic E-state index is 0.0837. The maximum Gasteiger partial charge on any atom is 0.315 e.